The lowest BCUT2D eigenvalue weighted by Crippen LogP contribution is -2.18. The summed E-state index contributed by atoms with van der Waals surface area (Å²) in [7, 11) is 1.22. The molecule has 0 aliphatic heterocycles. The van der Waals surface area contributed by atoms with E-state index < -0.39 is 11.8 Å². The second-order valence-corrected chi connectivity index (χ2v) is 8.22. The molecule has 0 amide bonds. The van der Waals surface area contributed by atoms with Crippen molar-refractivity contribution in [3.05, 3.63) is 12.2 Å². The van der Waals surface area contributed by atoms with Gasteiger partial charge in [0.25, 0.3) is 0 Å². The summed E-state index contributed by atoms with van der Waals surface area (Å²) in [5, 5.41) is 0. The molecule has 1 fully saturated rings. The molecule has 0 unspecified atom stereocenters. The molecule has 27 heavy (non-hydrogen) atoms. The average Bonchev–Trinajstić information content (AvgIpc) is 2.98. The number of rotatable bonds is 13. The Morgan fingerprint density at radius 2 is 1.96 bits per heavy atom. The fraction of sp³-hybridized carbons (Fsp3) is 0.773. The van der Waals surface area contributed by atoms with E-state index in [1.165, 1.54) is 7.11 Å². The second-order valence-electron chi connectivity index (χ2n) is 8.22. The molecule has 2 atom stereocenters. The molecule has 0 radical (unpaired) electrons. The number of unbranched alkanes of at least 4 members (excludes halogenated alkanes) is 2. The smallest absolute Gasteiger partial charge is 0.374 e. The standard InChI is InChI=1S/C22H36O5/c1-5-27-16-22(2,3)15-9-10-17-13-14-19(23)18(17)11-7-6-8-12-20(24)21(25)26-4/h9-10,17-18H,5-8,11-16H2,1-4H3/t17-,18+/m0/s1. The molecule has 0 aromatic carbocycles. The van der Waals surface area contributed by atoms with Crippen LogP contribution in [0.25, 0.3) is 0 Å². The molecule has 5 heteroatoms. The van der Waals surface area contributed by atoms with Gasteiger partial charge >= 0.3 is 5.97 Å². The zero-order valence-corrected chi connectivity index (χ0v) is 17.4. The third-order valence-corrected chi connectivity index (χ3v) is 5.24. The Morgan fingerprint density at radius 3 is 2.63 bits per heavy atom. The summed E-state index contributed by atoms with van der Waals surface area (Å²) in [5.74, 6) is -0.433. The van der Waals surface area contributed by atoms with Gasteiger partial charge in [0.1, 0.15) is 5.78 Å². The summed E-state index contributed by atoms with van der Waals surface area (Å²) >= 11 is 0. The Hall–Kier alpha value is -1.49. The van der Waals surface area contributed by atoms with Crippen molar-refractivity contribution in [1.82, 2.24) is 0 Å². The lowest BCUT2D eigenvalue weighted by atomic mass is 9.86. The van der Waals surface area contributed by atoms with E-state index >= 15 is 0 Å². The zero-order valence-electron chi connectivity index (χ0n) is 17.4. The summed E-state index contributed by atoms with van der Waals surface area (Å²) < 4.78 is 9.95. The topological polar surface area (TPSA) is 69.7 Å². The van der Waals surface area contributed by atoms with E-state index in [2.05, 4.69) is 30.7 Å². The Kier molecular flexibility index (Phi) is 10.5. The molecule has 0 aromatic rings. The minimum absolute atomic E-state index is 0.104. The molecule has 0 bridgehead atoms. The minimum atomic E-state index is -0.765. The molecule has 1 saturated carbocycles. The quantitative estimate of drug-likeness (QED) is 0.206. The Morgan fingerprint density at radius 1 is 1.22 bits per heavy atom. The first-order chi connectivity index (χ1) is 12.8. The van der Waals surface area contributed by atoms with Crippen LogP contribution in [0.15, 0.2) is 12.2 Å². The van der Waals surface area contributed by atoms with Crippen molar-refractivity contribution in [1.29, 1.82) is 0 Å². The van der Waals surface area contributed by atoms with Crippen LogP contribution < -0.4 is 0 Å². The van der Waals surface area contributed by atoms with E-state index in [0.29, 0.717) is 24.5 Å². The van der Waals surface area contributed by atoms with E-state index in [-0.39, 0.29) is 17.8 Å². The minimum Gasteiger partial charge on any atom is -0.463 e. The highest BCUT2D eigenvalue weighted by Gasteiger charge is 2.32. The first-order valence-corrected chi connectivity index (χ1v) is 10.2. The van der Waals surface area contributed by atoms with Gasteiger partial charge < -0.3 is 9.47 Å². The molecule has 0 aromatic heterocycles. The highest BCUT2D eigenvalue weighted by Crippen LogP contribution is 2.34. The molecule has 0 saturated heterocycles. The van der Waals surface area contributed by atoms with Gasteiger partial charge in [-0.15, -0.1) is 0 Å². The largest absolute Gasteiger partial charge is 0.463 e. The van der Waals surface area contributed by atoms with Crippen molar-refractivity contribution in [2.45, 2.75) is 72.1 Å². The monoisotopic (exact) mass is 380 g/mol. The molecule has 154 valence electrons. The van der Waals surface area contributed by atoms with Crippen molar-refractivity contribution in [3.8, 4) is 0 Å². The SMILES string of the molecule is CCOCC(C)(C)CC=C[C@H]1CCC(=O)[C@@H]1CCCCCC(=O)C(=O)OC. The number of ether oxygens (including phenoxy) is 2. The van der Waals surface area contributed by atoms with Crippen LogP contribution in [-0.4, -0.2) is 37.9 Å². The second kappa shape index (κ2) is 12.1. The molecule has 1 aliphatic rings. The lowest BCUT2D eigenvalue weighted by Gasteiger charge is -2.22. The number of methoxy groups -OCH3 is 1. The number of hydrogen-bond donors (Lipinski definition) is 0. The highest BCUT2D eigenvalue weighted by molar-refractivity contribution is 6.33. The fourth-order valence-electron chi connectivity index (χ4n) is 3.58. The Bertz CT molecular complexity index is 521. The van der Waals surface area contributed by atoms with E-state index in [1.807, 2.05) is 6.92 Å². The summed E-state index contributed by atoms with van der Waals surface area (Å²) in [6.07, 6.45) is 10.5. The Labute approximate surface area is 163 Å². The van der Waals surface area contributed by atoms with Gasteiger partial charge in [0.15, 0.2) is 0 Å². The number of hydrogen-bond acceptors (Lipinski definition) is 5. The number of carbonyl (C=O) groups excluding carboxylic acids is 3. The fourth-order valence-corrected chi connectivity index (χ4v) is 3.58. The van der Waals surface area contributed by atoms with Crippen LogP contribution in [-0.2, 0) is 23.9 Å². The number of allylic oxidation sites excluding steroid dienone is 2. The van der Waals surface area contributed by atoms with Gasteiger partial charge in [-0.2, -0.15) is 0 Å². The van der Waals surface area contributed by atoms with Crippen molar-refractivity contribution in [3.63, 3.8) is 0 Å². The van der Waals surface area contributed by atoms with Crippen molar-refractivity contribution >= 4 is 17.5 Å². The molecule has 5 nitrogen and oxygen atoms in total. The lowest BCUT2D eigenvalue weighted by molar-refractivity contribution is -0.151. The van der Waals surface area contributed by atoms with E-state index in [9.17, 15) is 14.4 Å². The molecule has 1 rings (SSSR count). The number of Topliss-reactive ketones (excluding diaryl/α,β-unsaturated/α-hetero) is 2. The van der Waals surface area contributed by atoms with Crippen LogP contribution in [0.4, 0.5) is 0 Å². The maximum absolute atomic E-state index is 12.2. The number of carbonyl (C=O) groups is 3. The van der Waals surface area contributed by atoms with Crippen molar-refractivity contribution in [2.75, 3.05) is 20.3 Å². The third-order valence-electron chi connectivity index (χ3n) is 5.24. The van der Waals surface area contributed by atoms with Crippen molar-refractivity contribution in [2.24, 2.45) is 17.3 Å². The predicted octanol–water partition coefficient (Wildman–Crippen LogP) is 4.28. The van der Waals surface area contributed by atoms with E-state index in [4.69, 9.17) is 4.74 Å². The summed E-state index contributed by atoms with van der Waals surface area (Å²) in [5.41, 5.74) is 0.108. The normalized spacial score (nSPS) is 20.4. The van der Waals surface area contributed by atoms with Gasteiger partial charge in [0, 0.05) is 25.4 Å². The van der Waals surface area contributed by atoms with Crippen molar-refractivity contribution < 1.29 is 23.9 Å². The maximum Gasteiger partial charge on any atom is 0.374 e. The first-order valence-electron chi connectivity index (χ1n) is 10.2. The maximum atomic E-state index is 12.2. The van der Waals surface area contributed by atoms with Gasteiger partial charge in [0.2, 0.25) is 5.78 Å². The zero-order chi connectivity index (χ0) is 20.3. The van der Waals surface area contributed by atoms with Gasteiger partial charge in [-0.05, 0) is 43.9 Å². The number of esters is 1. The predicted molar refractivity (Wildman–Crippen MR) is 105 cm³/mol. The van der Waals surface area contributed by atoms with Crippen LogP contribution in [0.5, 0.6) is 0 Å². The molecule has 0 N–H and O–H groups in total. The molecule has 0 spiro atoms. The highest BCUT2D eigenvalue weighted by atomic mass is 16.5. The summed E-state index contributed by atoms with van der Waals surface area (Å²) in [6.45, 7) is 7.87. The first kappa shape index (κ1) is 23.5. The van der Waals surface area contributed by atoms with Gasteiger partial charge in [-0.3, -0.25) is 9.59 Å². The van der Waals surface area contributed by atoms with Crippen LogP contribution in [0, 0.1) is 17.3 Å². The average molecular weight is 381 g/mol. The molecule has 0 heterocycles. The van der Waals surface area contributed by atoms with Gasteiger partial charge in [0.05, 0.1) is 13.7 Å². The van der Waals surface area contributed by atoms with Gasteiger partial charge in [-0.25, -0.2) is 4.79 Å². The van der Waals surface area contributed by atoms with Crippen LogP contribution in [0.1, 0.15) is 72.1 Å². The molecular weight excluding hydrogens is 344 g/mol. The van der Waals surface area contributed by atoms with E-state index in [1.54, 1.807) is 0 Å². The van der Waals surface area contributed by atoms with Crippen LogP contribution in [0.2, 0.25) is 0 Å². The molecule has 1 aliphatic carbocycles. The van der Waals surface area contributed by atoms with Crippen LogP contribution >= 0.6 is 0 Å². The summed E-state index contributed by atoms with van der Waals surface area (Å²) in [4.78, 5) is 34.7. The van der Waals surface area contributed by atoms with Crippen LogP contribution in [0.3, 0.4) is 0 Å². The molecular formula is C22H36O5. The summed E-state index contributed by atoms with van der Waals surface area (Å²) in [6, 6.07) is 0. The van der Waals surface area contributed by atoms with E-state index in [0.717, 1.165) is 45.3 Å². The van der Waals surface area contributed by atoms with Gasteiger partial charge in [-0.1, -0.05) is 38.8 Å². The number of ketones is 2. The third kappa shape index (κ3) is 8.83. The Balaban J connectivity index is 2.36.